The van der Waals surface area contributed by atoms with Crippen LogP contribution in [0.3, 0.4) is 0 Å². The minimum Gasteiger partial charge on any atom is -0.488 e. The minimum absolute atomic E-state index is 0.0951. The highest BCUT2D eigenvalue weighted by Gasteiger charge is 2.12. The van der Waals surface area contributed by atoms with Crippen molar-refractivity contribution in [3.05, 3.63) is 28.2 Å². The molecule has 0 heterocycles. The van der Waals surface area contributed by atoms with Gasteiger partial charge in [0.25, 0.3) is 0 Å². The summed E-state index contributed by atoms with van der Waals surface area (Å²) >= 11 is 11.9. The van der Waals surface area contributed by atoms with Crippen LogP contribution in [0.25, 0.3) is 0 Å². The first-order chi connectivity index (χ1) is 9.40. The lowest BCUT2D eigenvalue weighted by Crippen LogP contribution is -2.37. The summed E-state index contributed by atoms with van der Waals surface area (Å²) in [7, 11) is 0. The molecule has 0 amide bonds. The molecule has 4 nitrogen and oxygen atoms in total. The smallest absolute Gasteiger partial charge is 0.156 e. The predicted octanol–water partition coefficient (Wildman–Crippen LogP) is 2.48. The molecule has 20 heavy (non-hydrogen) atoms. The fourth-order valence-electron chi connectivity index (χ4n) is 1.79. The van der Waals surface area contributed by atoms with Crippen molar-refractivity contribution in [2.45, 2.75) is 38.5 Å². The van der Waals surface area contributed by atoms with Gasteiger partial charge in [-0.15, -0.1) is 0 Å². The maximum atomic E-state index is 9.84. The van der Waals surface area contributed by atoms with Crippen LogP contribution in [-0.4, -0.2) is 41.6 Å². The zero-order chi connectivity index (χ0) is 15.1. The molecular formula is C14H21Cl2NO3. The van der Waals surface area contributed by atoms with E-state index in [1.807, 2.05) is 6.92 Å². The fourth-order valence-corrected chi connectivity index (χ4v) is 2.30. The average molecular weight is 322 g/mol. The van der Waals surface area contributed by atoms with Crippen molar-refractivity contribution < 1.29 is 14.9 Å². The van der Waals surface area contributed by atoms with Gasteiger partial charge in [0.2, 0.25) is 0 Å². The monoisotopic (exact) mass is 321 g/mol. The topological polar surface area (TPSA) is 61.7 Å². The normalized spacial score (nSPS) is 15.7. The van der Waals surface area contributed by atoms with E-state index in [1.165, 1.54) is 0 Å². The second-order valence-electron chi connectivity index (χ2n) is 4.91. The van der Waals surface area contributed by atoms with Gasteiger partial charge in [0.05, 0.1) is 16.1 Å². The number of para-hydroxylation sites is 1. The SMILES string of the molecule is CC(O)CC(C)NCC(O)COc1c(Cl)cccc1Cl. The van der Waals surface area contributed by atoms with Crippen LogP contribution in [-0.2, 0) is 0 Å². The number of hydrogen-bond donors (Lipinski definition) is 3. The van der Waals surface area contributed by atoms with E-state index < -0.39 is 6.10 Å². The van der Waals surface area contributed by atoms with Gasteiger partial charge in [-0.3, -0.25) is 0 Å². The Labute approximate surface area is 129 Å². The maximum Gasteiger partial charge on any atom is 0.156 e. The molecule has 6 heteroatoms. The molecule has 0 aliphatic carbocycles. The van der Waals surface area contributed by atoms with Crippen LogP contribution in [0.2, 0.25) is 10.0 Å². The summed E-state index contributed by atoms with van der Waals surface area (Å²) in [6.07, 6.45) is -0.421. The maximum absolute atomic E-state index is 9.84. The van der Waals surface area contributed by atoms with E-state index in [9.17, 15) is 10.2 Å². The standard InChI is InChI=1S/C14H21Cl2NO3/c1-9(6-10(2)18)17-7-11(19)8-20-14-12(15)4-3-5-13(14)16/h3-5,9-11,17-19H,6-8H2,1-2H3. The Morgan fingerprint density at radius 3 is 2.35 bits per heavy atom. The van der Waals surface area contributed by atoms with E-state index in [0.717, 1.165) is 0 Å². The first-order valence-corrected chi connectivity index (χ1v) is 7.32. The van der Waals surface area contributed by atoms with Gasteiger partial charge in [0, 0.05) is 12.6 Å². The van der Waals surface area contributed by atoms with Crippen molar-refractivity contribution in [2.75, 3.05) is 13.2 Å². The first-order valence-electron chi connectivity index (χ1n) is 6.56. The van der Waals surface area contributed by atoms with Crippen molar-refractivity contribution in [2.24, 2.45) is 0 Å². The number of nitrogens with one attached hydrogen (secondary N) is 1. The molecule has 0 aromatic heterocycles. The Balaban J connectivity index is 2.35. The van der Waals surface area contributed by atoms with Crippen LogP contribution in [0.4, 0.5) is 0 Å². The van der Waals surface area contributed by atoms with Gasteiger partial charge in [0.15, 0.2) is 5.75 Å². The Morgan fingerprint density at radius 2 is 1.80 bits per heavy atom. The van der Waals surface area contributed by atoms with E-state index in [0.29, 0.717) is 28.8 Å². The molecule has 3 N–H and O–H groups in total. The molecule has 0 bridgehead atoms. The molecule has 0 fully saturated rings. The number of benzene rings is 1. The van der Waals surface area contributed by atoms with E-state index >= 15 is 0 Å². The summed E-state index contributed by atoms with van der Waals surface area (Å²) in [4.78, 5) is 0. The summed E-state index contributed by atoms with van der Waals surface area (Å²) < 4.78 is 5.44. The summed E-state index contributed by atoms with van der Waals surface area (Å²) in [5.74, 6) is 0.381. The van der Waals surface area contributed by atoms with Crippen molar-refractivity contribution in [1.29, 1.82) is 0 Å². The lowest BCUT2D eigenvalue weighted by atomic mass is 10.1. The molecule has 0 saturated heterocycles. The molecule has 1 aromatic rings. The van der Waals surface area contributed by atoms with Crippen molar-refractivity contribution in [1.82, 2.24) is 5.32 Å². The second kappa shape index (κ2) is 8.70. The molecule has 3 unspecified atom stereocenters. The lowest BCUT2D eigenvalue weighted by molar-refractivity contribution is 0.100. The second-order valence-corrected chi connectivity index (χ2v) is 5.72. The molecule has 114 valence electrons. The third-order valence-corrected chi connectivity index (χ3v) is 3.33. The van der Waals surface area contributed by atoms with Gasteiger partial charge in [-0.05, 0) is 32.4 Å². The number of ether oxygens (including phenoxy) is 1. The van der Waals surface area contributed by atoms with E-state index in [2.05, 4.69) is 5.32 Å². The van der Waals surface area contributed by atoms with Gasteiger partial charge in [-0.1, -0.05) is 29.3 Å². The van der Waals surface area contributed by atoms with Crippen molar-refractivity contribution >= 4 is 23.2 Å². The van der Waals surface area contributed by atoms with E-state index in [1.54, 1.807) is 25.1 Å². The largest absolute Gasteiger partial charge is 0.488 e. The summed E-state index contributed by atoms with van der Waals surface area (Å²) in [6, 6.07) is 5.21. The molecule has 0 aliphatic rings. The van der Waals surface area contributed by atoms with Crippen LogP contribution >= 0.6 is 23.2 Å². The quantitative estimate of drug-likeness (QED) is 0.688. The molecule has 0 radical (unpaired) electrons. The minimum atomic E-state index is -0.682. The first kappa shape index (κ1) is 17.5. The number of hydrogen-bond acceptors (Lipinski definition) is 4. The van der Waals surface area contributed by atoms with Crippen LogP contribution in [0, 0.1) is 0 Å². The highest BCUT2D eigenvalue weighted by molar-refractivity contribution is 6.37. The molecule has 1 rings (SSSR count). The zero-order valence-corrected chi connectivity index (χ0v) is 13.2. The van der Waals surface area contributed by atoms with Crippen LogP contribution in [0.1, 0.15) is 20.3 Å². The number of aliphatic hydroxyl groups excluding tert-OH is 2. The predicted molar refractivity (Wildman–Crippen MR) is 81.7 cm³/mol. The molecule has 0 spiro atoms. The Hall–Kier alpha value is -0.520. The van der Waals surface area contributed by atoms with Crippen LogP contribution < -0.4 is 10.1 Å². The Morgan fingerprint density at radius 1 is 1.20 bits per heavy atom. The van der Waals surface area contributed by atoms with Gasteiger partial charge in [-0.25, -0.2) is 0 Å². The molecule has 1 aromatic carbocycles. The number of halogens is 2. The van der Waals surface area contributed by atoms with Gasteiger partial charge in [0.1, 0.15) is 12.7 Å². The Bertz CT molecular complexity index is 395. The Kier molecular flexibility index (Phi) is 7.62. The average Bonchev–Trinajstić information content (AvgIpc) is 2.35. The van der Waals surface area contributed by atoms with Gasteiger partial charge >= 0.3 is 0 Å². The highest BCUT2D eigenvalue weighted by Crippen LogP contribution is 2.32. The number of aliphatic hydroxyl groups is 2. The summed E-state index contributed by atoms with van der Waals surface area (Å²) in [5, 5.41) is 23.0. The summed E-state index contributed by atoms with van der Waals surface area (Å²) in [5.41, 5.74) is 0. The van der Waals surface area contributed by atoms with Gasteiger partial charge < -0.3 is 20.3 Å². The highest BCUT2D eigenvalue weighted by atomic mass is 35.5. The van der Waals surface area contributed by atoms with Crippen LogP contribution in [0.5, 0.6) is 5.75 Å². The van der Waals surface area contributed by atoms with E-state index in [4.69, 9.17) is 27.9 Å². The number of rotatable bonds is 8. The third kappa shape index (κ3) is 6.29. The molecular weight excluding hydrogens is 301 g/mol. The fraction of sp³-hybridized carbons (Fsp3) is 0.571. The van der Waals surface area contributed by atoms with Crippen LogP contribution in [0.15, 0.2) is 18.2 Å². The van der Waals surface area contributed by atoms with Crippen molar-refractivity contribution in [3.63, 3.8) is 0 Å². The lowest BCUT2D eigenvalue weighted by Gasteiger charge is -2.19. The van der Waals surface area contributed by atoms with E-state index in [-0.39, 0.29) is 18.8 Å². The zero-order valence-electron chi connectivity index (χ0n) is 11.6. The van der Waals surface area contributed by atoms with Crippen molar-refractivity contribution in [3.8, 4) is 5.75 Å². The summed E-state index contributed by atoms with van der Waals surface area (Å²) in [6.45, 7) is 4.15. The molecule has 0 saturated carbocycles. The molecule has 3 atom stereocenters. The molecule has 0 aliphatic heterocycles. The van der Waals surface area contributed by atoms with Gasteiger partial charge in [-0.2, -0.15) is 0 Å². The third-order valence-electron chi connectivity index (χ3n) is 2.74.